The minimum absolute atomic E-state index is 0.198. The highest BCUT2D eigenvalue weighted by molar-refractivity contribution is 5.37. The van der Waals surface area contributed by atoms with E-state index in [-0.39, 0.29) is 11.5 Å². The molecule has 0 amide bonds. The third-order valence-corrected chi connectivity index (χ3v) is 2.41. The van der Waals surface area contributed by atoms with Crippen molar-refractivity contribution in [3.8, 4) is 17.2 Å². The maximum absolute atomic E-state index is 13.1. The fraction of sp³-hybridized carbons (Fsp3) is 0.0667. The average Bonchev–Trinajstić information content (AvgIpc) is 2.47. The largest absolute Gasteiger partial charge is 0.457 e. The Bertz CT molecular complexity index is 665. The predicted octanol–water partition coefficient (Wildman–Crippen LogP) is 5.53. The van der Waals surface area contributed by atoms with Crippen molar-refractivity contribution in [2.75, 3.05) is 0 Å². The van der Waals surface area contributed by atoms with Gasteiger partial charge in [0.2, 0.25) is 0 Å². The van der Waals surface area contributed by atoms with Crippen molar-refractivity contribution in [2.45, 2.75) is 6.18 Å². The van der Waals surface area contributed by atoms with Crippen molar-refractivity contribution in [1.82, 2.24) is 0 Å². The standard InChI is InChI=1S/C15H9F5O2/c16-13(15(18,19)20)14(17)22-12-8-4-7-11(9-12)21-10-5-2-1-3-6-10/h1-9H/b14-13+. The molecule has 0 bridgehead atoms. The second kappa shape index (κ2) is 6.46. The van der Waals surface area contributed by atoms with Crippen molar-refractivity contribution >= 4 is 0 Å². The first kappa shape index (κ1) is 15.8. The maximum Gasteiger partial charge on any atom is 0.449 e. The molecule has 0 aliphatic rings. The number of alkyl halides is 3. The highest BCUT2D eigenvalue weighted by Gasteiger charge is 2.39. The van der Waals surface area contributed by atoms with Crippen LogP contribution in [0.2, 0.25) is 0 Å². The quantitative estimate of drug-likeness (QED) is 0.545. The van der Waals surface area contributed by atoms with Crippen molar-refractivity contribution in [1.29, 1.82) is 0 Å². The third-order valence-electron chi connectivity index (χ3n) is 2.41. The van der Waals surface area contributed by atoms with Gasteiger partial charge < -0.3 is 9.47 Å². The van der Waals surface area contributed by atoms with Crippen LogP contribution in [0.1, 0.15) is 0 Å². The van der Waals surface area contributed by atoms with Crippen LogP contribution in [0.4, 0.5) is 22.0 Å². The van der Waals surface area contributed by atoms with E-state index in [1.807, 2.05) is 0 Å². The van der Waals surface area contributed by atoms with Crippen LogP contribution in [0.25, 0.3) is 0 Å². The van der Waals surface area contributed by atoms with Gasteiger partial charge in [0.15, 0.2) is 0 Å². The average molecular weight is 316 g/mol. The Kier molecular flexibility index (Phi) is 4.65. The Hall–Kier alpha value is -2.57. The molecule has 22 heavy (non-hydrogen) atoms. The molecule has 0 aliphatic heterocycles. The number of rotatable bonds is 4. The van der Waals surface area contributed by atoms with Gasteiger partial charge in [0, 0.05) is 6.07 Å². The third kappa shape index (κ3) is 4.21. The molecule has 0 heterocycles. The number of ether oxygens (including phenoxy) is 2. The van der Waals surface area contributed by atoms with Crippen LogP contribution >= 0.6 is 0 Å². The molecule has 0 N–H and O–H groups in total. The van der Waals surface area contributed by atoms with Crippen LogP contribution in [0, 0.1) is 0 Å². The van der Waals surface area contributed by atoms with Crippen molar-refractivity contribution in [3.05, 3.63) is 66.4 Å². The summed E-state index contributed by atoms with van der Waals surface area (Å²) in [4.78, 5) is 0. The monoisotopic (exact) mass is 316 g/mol. The minimum atomic E-state index is -5.44. The van der Waals surface area contributed by atoms with E-state index in [0.717, 1.165) is 6.07 Å². The molecule has 0 saturated heterocycles. The number of hydrogen-bond acceptors (Lipinski definition) is 2. The molecule has 2 aromatic rings. The lowest BCUT2D eigenvalue weighted by molar-refractivity contribution is -0.114. The summed E-state index contributed by atoms with van der Waals surface area (Å²) >= 11 is 0. The topological polar surface area (TPSA) is 18.5 Å². The highest BCUT2D eigenvalue weighted by atomic mass is 19.4. The maximum atomic E-state index is 13.1. The van der Waals surface area contributed by atoms with E-state index >= 15 is 0 Å². The van der Waals surface area contributed by atoms with Gasteiger partial charge in [-0.2, -0.15) is 22.0 Å². The molecule has 0 spiro atoms. The predicted molar refractivity (Wildman–Crippen MR) is 68.9 cm³/mol. The van der Waals surface area contributed by atoms with Crippen LogP contribution in [-0.4, -0.2) is 6.18 Å². The molecule has 0 saturated carbocycles. The van der Waals surface area contributed by atoms with E-state index in [1.54, 1.807) is 30.3 Å². The number of allylic oxidation sites excluding steroid dienone is 1. The number of para-hydroxylation sites is 1. The van der Waals surface area contributed by atoms with E-state index in [4.69, 9.17) is 4.74 Å². The Morgan fingerprint density at radius 3 is 2.00 bits per heavy atom. The first-order valence-corrected chi connectivity index (χ1v) is 5.99. The summed E-state index contributed by atoms with van der Waals surface area (Å²) in [5, 5.41) is 0. The van der Waals surface area contributed by atoms with Gasteiger partial charge in [-0.3, -0.25) is 0 Å². The summed E-state index contributed by atoms with van der Waals surface area (Å²) in [6.07, 6.45) is -5.44. The van der Waals surface area contributed by atoms with Gasteiger partial charge in [0.1, 0.15) is 17.2 Å². The lowest BCUT2D eigenvalue weighted by Gasteiger charge is -2.09. The van der Waals surface area contributed by atoms with Crippen molar-refractivity contribution in [3.63, 3.8) is 0 Å². The fourth-order valence-electron chi connectivity index (χ4n) is 1.49. The molecular weight excluding hydrogens is 307 g/mol. The van der Waals surface area contributed by atoms with Crippen LogP contribution in [0.3, 0.4) is 0 Å². The van der Waals surface area contributed by atoms with Crippen LogP contribution < -0.4 is 9.47 Å². The first-order chi connectivity index (χ1) is 10.4. The molecular formula is C15H9F5O2. The second-order valence-corrected chi connectivity index (χ2v) is 4.08. The molecule has 0 atom stereocenters. The zero-order valence-corrected chi connectivity index (χ0v) is 10.9. The van der Waals surface area contributed by atoms with E-state index in [0.29, 0.717) is 5.75 Å². The van der Waals surface area contributed by atoms with Gasteiger partial charge in [0.25, 0.3) is 5.83 Å². The molecule has 0 fully saturated rings. The smallest absolute Gasteiger partial charge is 0.449 e. The highest BCUT2D eigenvalue weighted by Crippen LogP contribution is 2.32. The van der Waals surface area contributed by atoms with E-state index in [1.165, 1.54) is 18.2 Å². The van der Waals surface area contributed by atoms with Gasteiger partial charge >= 0.3 is 12.2 Å². The lowest BCUT2D eigenvalue weighted by Crippen LogP contribution is -2.11. The molecule has 0 aromatic heterocycles. The number of halogens is 5. The molecule has 2 aromatic carbocycles. The summed E-state index contributed by atoms with van der Waals surface area (Å²) in [5.41, 5.74) is 0. The van der Waals surface area contributed by atoms with E-state index < -0.39 is 18.0 Å². The van der Waals surface area contributed by atoms with Gasteiger partial charge in [0.05, 0.1) is 0 Å². The molecule has 0 radical (unpaired) electrons. The van der Waals surface area contributed by atoms with E-state index in [2.05, 4.69) is 4.74 Å². The SMILES string of the molecule is F/C(Oc1cccc(Oc2ccccc2)c1)=C(\F)C(F)(F)F. The van der Waals surface area contributed by atoms with Crippen molar-refractivity contribution in [2.24, 2.45) is 0 Å². The van der Waals surface area contributed by atoms with Gasteiger partial charge in [-0.05, 0) is 24.3 Å². The van der Waals surface area contributed by atoms with Crippen LogP contribution in [0.15, 0.2) is 66.4 Å². The molecule has 116 valence electrons. The van der Waals surface area contributed by atoms with Gasteiger partial charge in [-0.25, -0.2) is 0 Å². The number of benzene rings is 2. The summed E-state index contributed by atoms with van der Waals surface area (Å²) in [7, 11) is 0. The molecule has 0 unspecified atom stereocenters. The van der Waals surface area contributed by atoms with Gasteiger partial charge in [-0.1, -0.05) is 24.3 Å². The fourth-order valence-corrected chi connectivity index (χ4v) is 1.49. The molecule has 2 nitrogen and oxygen atoms in total. The zero-order chi connectivity index (χ0) is 16.2. The van der Waals surface area contributed by atoms with Crippen LogP contribution in [-0.2, 0) is 0 Å². The summed E-state index contributed by atoms with van der Waals surface area (Å²) in [5.74, 6) is -2.59. The summed E-state index contributed by atoms with van der Waals surface area (Å²) in [6.45, 7) is 0. The second-order valence-electron chi connectivity index (χ2n) is 4.08. The lowest BCUT2D eigenvalue weighted by atomic mass is 10.3. The molecule has 0 aliphatic carbocycles. The Balaban J connectivity index is 2.16. The number of hydrogen-bond donors (Lipinski definition) is 0. The molecule has 2 rings (SSSR count). The zero-order valence-electron chi connectivity index (χ0n) is 10.9. The van der Waals surface area contributed by atoms with Gasteiger partial charge in [-0.15, -0.1) is 0 Å². The first-order valence-electron chi connectivity index (χ1n) is 5.99. The summed E-state index contributed by atoms with van der Waals surface area (Å²) < 4.78 is 71.3. The Labute approximate surface area is 122 Å². The summed E-state index contributed by atoms with van der Waals surface area (Å²) in [6, 6.07) is 11.3. The normalized spacial score (nSPS) is 12.6. The minimum Gasteiger partial charge on any atom is -0.457 e. The Morgan fingerprint density at radius 2 is 1.36 bits per heavy atom. The molecule has 7 heteroatoms. The van der Waals surface area contributed by atoms with Crippen LogP contribution in [0.5, 0.6) is 17.2 Å². The Morgan fingerprint density at radius 1 is 0.773 bits per heavy atom. The van der Waals surface area contributed by atoms with E-state index in [9.17, 15) is 22.0 Å². The van der Waals surface area contributed by atoms with Crippen molar-refractivity contribution < 1.29 is 31.4 Å².